The van der Waals surface area contributed by atoms with Crippen LogP contribution in [0, 0.1) is 17.5 Å². The van der Waals surface area contributed by atoms with Gasteiger partial charge < -0.3 is 4.90 Å². The predicted molar refractivity (Wildman–Crippen MR) is 101 cm³/mol. The molecule has 2 heterocycles. The van der Waals surface area contributed by atoms with Gasteiger partial charge in [-0.2, -0.15) is 0 Å². The maximum Gasteiger partial charge on any atom is 0.251 e. The van der Waals surface area contributed by atoms with Crippen molar-refractivity contribution in [1.82, 2.24) is 9.91 Å². The summed E-state index contributed by atoms with van der Waals surface area (Å²) in [4.78, 5) is 5.37. The Balaban J connectivity index is 2.25. The van der Waals surface area contributed by atoms with Gasteiger partial charge in [0.1, 0.15) is 28.4 Å². The summed E-state index contributed by atoms with van der Waals surface area (Å²) >= 11 is 12.3. The number of alkyl halides is 2. The number of aliphatic imine (C=N–C) groups is 1. The number of rotatable bonds is 3. The van der Waals surface area contributed by atoms with Gasteiger partial charge in [-0.05, 0) is 6.08 Å². The van der Waals surface area contributed by atoms with Crippen LogP contribution in [0.25, 0.3) is 5.57 Å². The van der Waals surface area contributed by atoms with Crippen molar-refractivity contribution in [2.75, 3.05) is 13.1 Å². The summed E-state index contributed by atoms with van der Waals surface area (Å²) in [7, 11) is 0. The third-order valence-corrected chi connectivity index (χ3v) is 5.13. The quantitative estimate of drug-likeness (QED) is 0.522. The molecule has 0 aliphatic carbocycles. The number of hydrogen-bond acceptors (Lipinski definition) is 4. The molecular formula is C18H15Cl2F5N4. The van der Waals surface area contributed by atoms with Crippen molar-refractivity contribution >= 4 is 33.9 Å². The number of halogens is 7. The maximum atomic E-state index is 14.5. The Bertz CT molecular complexity index is 925. The predicted octanol–water partition coefficient (Wildman–Crippen LogP) is 4.92. The molecule has 29 heavy (non-hydrogen) atoms. The van der Waals surface area contributed by atoms with Crippen molar-refractivity contribution in [1.29, 1.82) is 0 Å². The summed E-state index contributed by atoms with van der Waals surface area (Å²) in [6.45, 7) is 3.15. The number of hydrogen-bond donors (Lipinski definition) is 1. The van der Waals surface area contributed by atoms with Crippen molar-refractivity contribution < 1.29 is 22.0 Å². The maximum absolute atomic E-state index is 14.5. The Morgan fingerprint density at radius 3 is 2.24 bits per heavy atom. The summed E-state index contributed by atoms with van der Waals surface area (Å²) in [6.07, 6.45) is 0.209. The highest BCUT2D eigenvalue weighted by Gasteiger charge is 2.39. The average Bonchev–Trinajstić information content (AvgIpc) is 2.63. The molecule has 1 aromatic rings. The van der Waals surface area contributed by atoms with Gasteiger partial charge in [0.05, 0.1) is 16.2 Å². The Morgan fingerprint density at radius 2 is 1.72 bits per heavy atom. The van der Waals surface area contributed by atoms with Crippen LogP contribution in [0.5, 0.6) is 0 Å². The number of nitrogens with zero attached hydrogens (tertiary/aromatic N) is 3. The minimum absolute atomic E-state index is 0.0235. The van der Waals surface area contributed by atoms with Gasteiger partial charge >= 0.3 is 0 Å². The normalized spacial score (nSPS) is 21.3. The number of nitrogens with two attached hydrogens (primary N) is 1. The molecule has 0 aromatic heterocycles. The Morgan fingerprint density at radius 1 is 1.17 bits per heavy atom. The van der Waals surface area contributed by atoms with E-state index in [0.29, 0.717) is 12.1 Å². The Kier molecular flexibility index (Phi) is 5.93. The van der Waals surface area contributed by atoms with Crippen LogP contribution in [0.1, 0.15) is 18.4 Å². The molecule has 0 atom stereocenters. The Labute approximate surface area is 173 Å². The van der Waals surface area contributed by atoms with Crippen LogP contribution in [0.4, 0.5) is 22.0 Å². The van der Waals surface area contributed by atoms with E-state index in [0.717, 1.165) is 5.01 Å². The van der Waals surface area contributed by atoms with Gasteiger partial charge in [-0.25, -0.2) is 37.8 Å². The third kappa shape index (κ3) is 4.12. The molecule has 4 nitrogen and oxygen atoms in total. The first-order valence-corrected chi connectivity index (χ1v) is 9.15. The highest BCUT2D eigenvalue weighted by molar-refractivity contribution is 6.76. The molecule has 1 saturated heterocycles. The molecule has 0 radical (unpaired) electrons. The number of allylic oxidation sites excluding steroid dienone is 3. The zero-order valence-electron chi connectivity index (χ0n) is 14.8. The highest BCUT2D eigenvalue weighted by atomic mass is 35.5. The summed E-state index contributed by atoms with van der Waals surface area (Å²) in [5, 5.41) is 0.486. The number of piperidine rings is 1. The standard InChI is InChI=1S/C18H15Cl2F5N4/c1-2-10(19)16-27-15(20)14(13-11(22)7-9(21)8-12(13)23)17(29(16)26)28-5-3-18(24,25)4-6-28/h2,7-8H,1,3-6,26H2/b16-10+. The monoisotopic (exact) mass is 452 g/mol. The molecule has 0 unspecified atom stereocenters. The fourth-order valence-electron chi connectivity index (χ4n) is 3.13. The lowest BCUT2D eigenvalue weighted by atomic mass is 10.0. The van der Waals surface area contributed by atoms with E-state index in [1.54, 1.807) is 0 Å². The number of likely N-dealkylation sites (tertiary alicyclic amines) is 1. The van der Waals surface area contributed by atoms with Crippen molar-refractivity contribution in [2.24, 2.45) is 10.8 Å². The molecule has 3 rings (SSSR count). The van der Waals surface area contributed by atoms with E-state index < -0.39 is 47.0 Å². The van der Waals surface area contributed by atoms with E-state index in [-0.39, 0.29) is 35.3 Å². The molecule has 2 aliphatic rings. The van der Waals surface area contributed by atoms with Gasteiger partial charge in [-0.1, -0.05) is 29.8 Å². The zero-order chi connectivity index (χ0) is 21.5. The van der Waals surface area contributed by atoms with E-state index in [2.05, 4.69) is 11.6 Å². The molecule has 0 amide bonds. The molecular weight excluding hydrogens is 438 g/mol. The topological polar surface area (TPSA) is 44.9 Å². The molecule has 1 fully saturated rings. The minimum atomic E-state index is -2.88. The van der Waals surface area contributed by atoms with E-state index in [9.17, 15) is 22.0 Å². The van der Waals surface area contributed by atoms with Gasteiger partial charge in [0.25, 0.3) is 5.92 Å². The van der Waals surface area contributed by atoms with Crippen LogP contribution in [-0.4, -0.2) is 34.1 Å². The number of benzene rings is 1. The lowest BCUT2D eigenvalue weighted by Crippen LogP contribution is -2.47. The summed E-state index contributed by atoms with van der Waals surface area (Å²) in [5.74, 6) is -0.597. The highest BCUT2D eigenvalue weighted by Crippen LogP contribution is 2.39. The van der Waals surface area contributed by atoms with Crippen LogP contribution in [-0.2, 0) is 0 Å². The lowest BCUT2D eigenvalue weighted by Gasteiger charge is -2.41. The molecule has 2 N–H and O–H groups in total. The van der Waals surface area contributed by atoms with Gasteiger partial charge in [-0.15, -0.1) is 0 Å². The Hall–Kier alpha value is -2.10. The first-order valence-electron chi connectivity index (χ1n) is 8.39. The zero-order valence-corrected chi connectivity index (χ0v) is 16.3. The second kappa shape index (κ2) is 7.97. The van der Waals surface area contributed by atoms with Crippen molar-refractivity contribution in [3.05, 3.63) is 64.5 Å². The summed E-state index contributed by atoms with van der Waals surface area (Å²) in [5.41, 5.74) is -0.983. The molecule has 11 heteroatoms. The van der Waals surface area contributed by atoms with Crippen LogP contribution >= 0.6 is 23.2 Å². The molecule has 0 spiro atoms. The number of hydrazine groups is 1. The van der Waals surface area contributed by atoms with E-state index in [4.69, 9.17) is 29.0 Å². The SMILES string of the molecule is C=C/C(Cl)=C1/N=C(Cl)C(c2c(F)cc(F)cc2F)=C(N2CCC(F)(F)CC2)N1N. The first kappa shape index (κ1) is 21.6. The molecule has 2 aliphatic heterocycles. The smallest absolute Gasteiger partial charge is 0.251 e. The third-order valence-electron chi connectivity index (χ3n) is 4.53. The van der Waals surface area contributed by atoms with Gasteiger partial charge in [0.2, 0.25) is 0 Å². The van der Waals surface area contributed by atoms with Gasteiger partial charge in [0.15, 0.2) is 5.82 Å². The fourth-order valence-corrected chi connectivity index (χ4v) is 3.52. The van der Waals surface area contributed by atoms with E-state index in [1.165, 1.54) is 11.0 Å². The van der Waals surface area contributed by atoms with Crippen LogP contribution in [0.15, 0.2) is 46.5 Å². The molecule has 0 bridgehead atoms. The van der Waals surface area contributed by atoms with Crippen LogP contribution < -0.4 is 5.84 Å². The van der Waals surface area contributed by atoms with Crippen molar-refractivity contribution in [2.45, 2.75) is 18.8 Å². The van der Waals surface area contributed by atoms with E-state index >= 15 is 0 Å². The average molecular weight is 453 g/mol. The summed E-state index contributed by atoms with van der Waals surface area (Å²) in [6, 6.07) is 0.945. The summed E-state index contributed by atoms with van der Waals surface area (Å²) < 4.78 is 69.6. The largest absolute Gasteiger partial charge is 0.356 e. The van der Waals surface area contributed by atoms with Crippen LogP contribution in [0.2, 0.25) is 0 Å². The van der Waals surface area contributed by atoms with Gasteiger partial charge in [-0.3, -0.25) is 0 Å². The molecule has 156 valence electrons. The lowest BCUT2D eigenvalue weighted by molar-refractivity contribution is -0.0527. The van der Waals surface area contributed by atoms with Gasteiger partial charge in [0, 0.05) is 38.1 Å². The van der Waals surface area contributed by atoms with Crippen LogP contribution in [0.3, 0.4) is 0 Å². The second-order valence-corrected chi connectivity index (χ2v) is 7.20. The molecule has 0 saturated carbocycles. The van der Waals surface area contributed by atoms with Crippen molar-refractivity contribution in [3.8, 4) is 0 Å². The fraction of sp³-hybridized carbons (Fsp3) is 0.278. The minimum Gasteiger partial charge on any atom is -0.356 e. The second-order valence-electron chi connectivity index (χ2n) is 6.43. The first-order chi connectivity index (χ1) is 13.6. The van der Waals surface area contributed by atoms with Crippen molar-refractivity contribution in [3.63, 3.8) is 0 Å². The molecule has 1 aromatic carbocycles. The van der Waals surface area contributed by atoms with E-state index in [1.807, 2.05) is 0 Å².